The number of aromatic nitrogens is 1. The molecule has 1 heterocycles. The second kappa shape index (κ2) is 4.60. The van der Waals surface area contributed by atoms with Crippen molar-refractivity contribution in [3.8, 4) is 0 Å². The minimum atomic E-state index is -0.522. The van der Waals surface area contributed by atoms with E-state index < -0.39 is 11.4 Å². The van der Waals surface area contributed by atoms with Gasteiger partial charge in [-0.25, -0.2) is 4.39 Å². The summed E-state index contributed by atoms with van der Waals surface area (Å²) in [4.78, 5) is 15.2. The van der Waals surface area contributed by atoms with Crippen molar-refractivity contribution in [1.82, 2.24) is 4.98 Å². The number of hydrogen-bond donors (Lipinski definition) is 0. The van der Waals surface area contributed by atoms with Gasteiger partial charge in [0.25, 0.3) is 0 Å². The first-order valence-corrected chi connectivity index (χ1v) is 5.10. The molecule has 0 spiro atoms. The van der Waals surface area contributed by atoms with Gasteiger partial charge in [-0.3, -0.25) is 9.78 Å². The molecule has 4 heteroatoms. The number of halogens is 1. The number of carbonyl (C=O) groups excluding carboxylic acids is 1. The number of ether oxygens (including phenoxy) is 1. The molecule has 0 bridgehead atoms. The number of esters is 1. The Bertz CT molecular complexity index is 396. The van der Waals surface area contributed by atoms with Gasteiger partial charge in [-0.05, 0) is 38.8 Å². The predicted octanol–water partition coefficient (Wildman–Crippen LogP) is 2.41. The average Bonchev–Trinajstić information content (AvgIpc) is 2.09. The topological polar surface area (TPSA) is 39.2 Å². The number of carbonyl (C=O) groups is 1. The Labute approximate surface area is 94.6 Å². The van der Waals surface area contributed by atoms with E-state index in [0.29, 0.717) is 11.1 Å². The molecule has 1 rings (SSSR count). The van der Waals surface area contributed by atoms with Gasteiger partial charge in [-0.15, -0.1) is 0 Å². The van der Waals surface area contributed by atoms with Crippen LogP contribution in [0.5, 0.6) is 0 Å². The molecular formula is C12H16FNO2. The summed E-state index contributed by atoms with van der Waals surface area (Å²) >= 11 is 0. The maximum Gasteiger partial charge on any atom is 0.310 e. The molecule has 1 aromatic rings. The fourth-order valence-electron chi connectivity index (χ4n) is 1.25. The second-order valence-electron chi connectivity index (χ2n) is 4.67. The molecule has 0 N–H and O–H groups in total. The minimum absolute atomic E-state index is 0.0495. The van der Waals surface area contributed by atoms with Gasteiger partial charge in [0.05, 0.1) is 12.6 Å². The van der Waals surface area contributed by atoms with Crippen LogP contribution in [0.3, 0.4) is 0 Å². The minimum Gasteiger partial charge on any atom is -0.460 e. The van der Waals surface area contributed by atoms with Crippen LogP contribution >= 0.6 is 0 Å². The van der Waals surface area contributed by atoms with Crippen LogP contribution in [0, 0.1) is 12.7 Å². The van der Waals surface area contributed by atoms with Gasteiger partial charge < -0.3 is 4.74 Å². The summed E-state index contributed by atoms with van der Waals surface area (Å²) in [5, 5.41) is 0. The highest BCUT2D eigenvalue weighted by molar-refractivity contribution is 5.73. The summed E-state index contributed by atoms with van der Waals surface area (Å²) in [6.07, 6.45) is 2.67. The van der Waals surface area contributed by atoms with Crippen LogP contribution in [0.1, 0.15) is 31.9 Å². The van der Waals surface area contributed by atoms with Gasteiger partial charge in [-0.1, -0.05) is 0 Å². The first-order valence-electron chi connectivity index (χ1n) is 5.10. The summed E-state index contributed by atoms with van der Waals surface area (Å²) in [7, 11) is 0. The van der Waals surface area contributed by atoms with Crippen LogP contribution in [-0.4, -0.2) is 16.6 Å². The maximum atomic E-state index is 13.2. The Morgan fingerprint density at radius 3 is 2.62 bits per heavy atom. The third-order valence-electron chi connectivity index (χ3n) is 2.01. The van der Waals surface area contributed by atoms with Crippen LogP contribution in [0.25, 0.3) is 0 Å². The molecule has 1 aromatic heterocycles. The molecule has 0 fully saturated rings. The molecule has 0 unspecified atom stereocenters. The van der Waals surface area contributed by atoms with Crippen LogP contribution in [0.15, 0.2) is 12.4 Å². The first kappa shape index (κ1) is 12.6. The summed E-state index contributed by atoms with van der Waals surface area (Å²) in [5.74, 6) is -0.774. The lowest BCUT2D eigenvalue weighted by Gasteiger charge is -2.19. The zero-order chi connectivity index (χ0) is 12.3. The molecule has 0 aromatic carbocycles. The average molecular weight is 225 g/mol. The lowest BCUT2D eigenvalue weighted by atomic mass is 10.1. The van der Waals surface area contributed by atoms with Crippen LogP contribution < -0.4 is 0 Å². The van der Waals surface area contributed by atoms with Gasteiger partial charge in [-0.2, -0.15) is 0 Å². The number of nitrogens with zero attached hydrogens (tertiary/aromatic N) is 1. The smallest absolute Gasteiger partial charge is 0.310 e. The Morgan fingerprint density at radius 2 is 2.06 bits per heavy atom. The van der Waals surface area contributed by atoms with E-state index in [-0.39, 0.29) is 12.4 Å². The highest BCUT2D eigenvalue weighted by Gasteiger charge is 2.17. The third kappa shape index (κ3) is 3.61. The monoisotopic (exact) mass is 225 g/mol. The van der Waals surface area contributed by atoms with Gasteiger partial charge in [0.2, 0.25) is 0 Å². The zero-order valence-electron chi connectivity index (χ0n) is 10.0. The Balaban J connectivity index is 2.74. The molecule has 0 saturated carbocycles. The van der Waals surface area contributed by atoms with E-state index >= 15 is 0 Å². The van der Waals surface area contributed by atoms with Gasteiger partial charge >= 0.3 is 5.97 Å². The van der Waals surface area contributed by atoms with E-state index in [0.717, 1.165) is 6.20 Å². The lowest BCUT2D eigenvalue weighted by molar-refractivity contribution is -0.153. The maximum absolute atomic E-state index is 13.2. The Morgan fingerprint density at radius 1 is 1.44 bits per heavy atom. The summed E-state index contributed by atoms with van der Waals surface area (Å²) in [6.45, 7) is 7.00. The zero-order valence-corrected chi connectivity index (χ0v) is 10.0. The SMILES string of the molecule is Cc1c(F)cncc1CC(=O)OC(C)(C)C. The van der Waals surface area contributed by atoms with Crippen molar-refractivity contribution in [3.63, 3.8) is 0 Å². The fourth-order valence-corrected chi connectivity index (χ4v) is 1.25. The molecule has 0 atom stereocenters. The molecule has 0 radical (unpaired) electrons. The number of rotatable bonds is 2. The molecule has 0 saturated heterocycles. The quantitative estimate of drug-likeness (QED) is 0.725. The molecule has 16 heavy (non-hydrogen) atoms. The summed E-state index contributed by atoms with van der Waals surface area (Å²) in [6, 6.07) is 0. The summed E-state index contributed by atoms with van der Waals surface area (Å²) < 4.78 is 18.3. The van der Waals surface area contributed by atoms with Crippen LogP contribution in [0.2, 0.25) is 0 Å². The van der Waals surface area contributed by atoms with Crippen LogP contribution in [0.4, 0.5) is 4.39 Å². The van der Waals surface area contributed by atoms with E-state index in [1.54, 1.807) is 27.7 Å². The Kier molecular flexibility index (Phi) is 3.62. The van der Waals surface area contributed by atoms with Gasteiger partial charge in [0, 0.05) is 6.20 Å². The van der Waals surface area contributed by atoms with Crippen molar-refractivity contribution < 1.29 is 13.9 Å². The first-order chi connectivity index (χ1) is 7.29. The summed E-state index contributed by atoms with van der Waals surface area (Å²) in [5.41, 5.74) is 0.487. The fraction of sp³-hybridized carbons (Fsp3) is 0.500. The van der Waals surface area contributed by atoms with Gasteiger partial charge in [0.15, 0.2) is 0 Å². The van der Waals surface area contributed by atoms with E-state index in [1.165, 1.54) is 6.20 Å². The molecule has 0 aliphatic carbocycles. The Hall–Kier alpha value is -1.45. The molecule has 88 valence electrons. The molecule has 0 aliphatic heterocycles. The third-order valence-corrected chi connectivity index (χ3v) is 2.01. The number of hydrogen-bond acceptors (Lipinski definition) is 3. The highest BCUT2D eigenvalue weighted by Crippen LogP contribution is 2.14. The van der Waals surface area contributed by atoms with E-state index in [9.17, 15) is 9.18 Å². The predicted molar refractivity (Wildman–Crippen MR) is 58.5 cm³/mol. The largest absolute Gasteiger partial charge is 0.460 e. The standard InChI is InChI=1S/C12H16FNO2/c1-8-9(6-14-7-10(8)13)5-11(15)16-12(2,3)4/h6-7H,5H2,1-4H3. The van der Waals surface area contributed by atoms with Crippen molar-refractivity contribution >= 4 is 5.97 Å². The number of pyridine rings is 1. The lowest BCUT2D eigenvalue weighted by Crippen LogP contribution is -2.25. The molecule has 0 aliphatic rings. The highest BCUT2D eigenvalue weighted by atomic mass is 19.1. The van der Waals surface area contributed by atoms with E-state index in [2.05, 4.69) is 4.98 Å². The molecule has 0 amide bonds. The normalized spacial score (nSPS) is 11.3. The van der Waals surface area contributed by atoms with Crippen molar-refractivity contribution in [3.05, 3.63) is 29.3 Å². The van der Waals surface area contributed by atoms with Crippen molar-refractivity contribution in [1.29, 1.82) is 0 Å². The van der Waals surface area contributed by atoms with Crippen molar-refractivity contribution in [2.75, 3.05) is 0 Å². The van der Waals surface area contributed by atoms with Crippen molar-refractivity contribution in [2.45, 2.75) is 39.7 Å². The second-order valence-corrected chi connectivity index (χ2v) is 4.67. The molecule has 3 nitrogen and oxygen atoms in total. The van der Waals surface area contributed by atoms with E-state index in [1.807, 2.05) is 0 Å². The van der Waals surface area contributed by atoms with E-state index in [4.69, 9.17) is 4.74 Å². The van der Waals surface area contributed by atoms with Crippen LogP contribution in [-0.2, 0) is 16.0 Å². The van der Waals surface area contributed by atoms with Crippen molar-refractivity contribution in [2.24, 2.45) is 0 Å². The molecular weight excluding hydrogens is 209 g/mol. The van der Waals surface area contributed by atoms with Gasteiger partial charge in [0.1, 0.15) is 11.4 Å².